The minimum Gasteiger partial charge on any atom is -0.306 e. The Morgan fingerprint density at radius 3 is 3.19 bits per heavy atom. The van der Waals surface area contributed by atoms with Crippen LogP contribution in [0.25, 0.3) is 11.9 Å². The number of nitrogens with zero attached hydrogens (tertiary/aromatic N) is 4. The molecule has 2 aromatic heterocycles. The number of carbonyl (C=O) groups is 1. The third kappa shape index (κ3) is 1.14. The van der Waals surface area contributed by atoms with E-state index >= 15 is 0 Å². The predicted octanol–water partition coefficient (Wildman–Crippen LogP) is -0.349. The number of rotatable bonds is 0. The molecule has 0 radical (unpaired) electrons. The third-order valence-electron chi connectivity index (χ3n) is 2.26. The first-order valence-corrected chi connectivity index (χ1v) is 4.70. The van der Waals surface area contributed by atoms with E-state index < -0.39 is 0 Å². The Labute approximate surface area is 90.2 Å². The fourth-order valence-corrected chi connectivity index (χ4v) is 1.58. The van der Waals surface area contributed by atoms with Crippen molar-refractivity contribution in [2.45, 2.75) is 6.92 Å². The Morgan fingerprint density at radius 1 is 1.44 bits per heavy atom. The standard InChI is InChI=1S/C9H8N6O/c1-5-12-9-10-4-6-7(15(9)14-5)2-3-11-13-8(6)16/h2-4,11H,1H3,(H,13,16). The van der Waals surface area contributed by atoms with Gasteiger partial charge in [0, 0.05) is 12.4 Å². The van der Waals surface area contributed by atoms with Crippen LogP contribution in [0, 0.1) is 6.92 Å². The van der Waals surface area contributed by atoms with E-state index in [1.165, 1.54) is 6.20 Å². The number of hydrogen-bond acceptors (Lipinski definition) is 5. The average molecular weight is 216 g/mol. The van der Waals surface area contributed by atoms with Gasteiger partial charge in [0.05, 0.1) is 11.3 Å². The number of hydrazine groups is 1. The molecule has 1 aliphatic rings. The van der Waals surface area contributed by atoms with Gasteiger partial charge in [-0.1, -0.05) is 0 Å². The van der Waals surface area contributed by atoms with Crippen LogP contribution in [0.1, 0.15) is 21.9 Å². The summed E-state index contributed by atoms with van der Waals surface area (Å²) in [7, 11) is 0. The van der Waals surface area contributed by atoms with Crippen LogP contribution in [-0.4, -0.2) is 25.5 Å². The van der Waals surface area contributed by atoms with Gasteiger partial charge in [0.1, 0.15) is 5.82 Å². The minimum atomic E-state index is -0.248. The number of aryl methyl sites for hydroxylation is 1. The Kier molecular flexibility index (Phi) is 1.67. The molecule has 7 heteroatoms. The van der Waals surface area contributed by atoms with Crippen LogP contribution < -0.4 is 10.9 Å². The lowest BCUT2D eigenvalue weighted by molar-refractivity contribution is 0.0941. The van der Waals surface area contributed by atoms with Crippen LogP contribution in [-0.2, 0) is 0 Å². The molecule has 3 heterocycles. The van der Waals surface area contributed by atoms with Gasteiger partial charge in [-0.15, -0.1) is 5.10 Å². The zero-order chi connectivity index (χ0) is 11.1. The molecule has 2 aromatic rings. The first kappa shape index (κ1) is 8.84. The molecule has 0 bridgehead atoms. The van der Waals surface area contributed by atoms with Crippen molar-refractivity contribution in [3.8, 4) is 0 Å². The third-order valence-corrected chi connectivity index (χ3v) is 2.26. The summed E-state index contributed by atoms with van der Waals surface area (Å²) in [6.45, 7) is 1.78. The molecular weight excluding hydrogens is 208 g/mol. The topological polar surface area (TPSA) is 84.2 Å². The van der Waals surface area contributed by atoms with Crippen molar-refractivity contribution >= 4 is 17.8 Å². The van der Waals surface area contributed by atoms with Crippen molar-refractivity contribution in [2.75, 3.05) is 0 Å². The Balaban J connectivity index is 2.39. The molecule has 0 atom stereocenters. The van der Waals surface area contributed by atoms with Gasteiger partial charge >= 0.3 is 0 Å². The lowest BCUT2D eigenvalue weighted by Crippen LogP contribution is -2.32. The van der Waals surface area contributed by atoms with Gasteiger partial charge in [0.2, 0.25) is 0 Å². The van der Waals surface area contributed by atoms with Crippen LogP contribution in [0.5, 0.6) is 0 Å². The van der Waals surface area contributed by atoms with E-state index in [9.17, 15) is 4.79 Å². The van der Waals surface area contributed by atoms with Crippen molar-refractivity contribution in [3.63, 3.8) is 0 Å². The van der Waals surface area contributed by atoms with Crippen molar-refractivity contribution in [2.24, 2.45) is 0 Å². The first-order valence-electron chi connectivity index (χ1n) is 4.70. The first-order chi connectivity index (χ1) is 7.75. The quantitative estimate of drug-likeness (QED) is 0.629. The molecular formula is C9H8N6O. The van der Waals surface area contributed by atoms with Crippen LogP contribution in [0.3, 0.4) is 0 Å². The van der Waals surface area contributed by atoms with E-state index in [1.807, 2.05) is 0 Å². The molecule has 3 rings (SSSR count). The maximum Gasteiger partial charge on any atom is 0.273 e. The van der Waals surface area contributed by atoms with Crippen molar-refractivity contribution in [3.05, 3.63) is 29.5 Å². The highest BCUT2D eigenvalue weighted by atomic mass is 16.2. The molecule has 0 saturated heterocycles. The zero-order valence-electron chi connectivity index (χ0n) is 8.43. The van der Waals surface area contributed by atoms with Gasteiger partial charge in [0.25, 0.3) is 11.7 Å². The average Bonchev–Trinajstić information content (AvgIpc) is 2.54. The van der Waals surface area contributed by atoms with E-state index in [1.54, 1.807) is 23.7 Å². The van der Waals surface area contributed by atoms with Gasteiger partial charge in [-0.05, 0) is 13.0 Å². The molecule has 2 N–H and O–H groups in total. The molecule has 0 unspecified atom stereocenters. The SMILES string of the molecule is Cc1nc2ncc3c(n2n1)C=CNNC3=O. The lowest BCUT2D eigenvalue weighted by atomic mass is 10.2. The summed E-state index contributed by atoms with van der Waals surface area (Å²) >= 11 is 0. The lowest BCUT2D eigenvalue weighted by Gasteiger charge is -2.03. The number of aromatic nitrogens is 4. The van der Waals surface area contributed by atoms with Gasteiger partial charge < -0.3 is 5.43 Å². The fourth-order valence-electron chi connectivity index (χ4n) is 1.58. The highest BCUT2D eigenvalue weighted by Crippen LogP contribution is 2.12. The van der Waals surface area contributed by atoms with Crippen molar-refractivity contribution in [1.29, 1.82) is 0 Å². The molecule has 7 nitrogen and oxygen atoms in total. The largest absolute Gasteiger partial charge is 0.306 e. The predicted molar refractivity (Wildman–Crippen MR) is 55.2 cm³/mol. The van der Waals surface area contributed by atoms with Gasteiger partial charge in [-0.25, -0.2) is 4.98 Å². The molecule has 80 valence electrons. The monoisotopic (exact) mass is 216 g/mol. The maximum absolute atomic E-state index is 11.6. The second-order valence-corrected chi connectivity index (χ2v) is 3.36. The molecule has 0 fully saturated rings. The molecule has 0 spiro atoms. The number of nitrogens with one attached hydrogen (secondary N) is 2. The van der Waals surface area contributed by atoms with E-state index in [-0.39, 0.29) is 5.91 Å². The summed E-state index contributed by atoms with van der Waals surface area (Å²) in [5.41, 5.74) is 6.26. The molecule has 0 saturated carbocycles. The summed E-state index contributed by atoms with van der Waals surface area (Å²) in [5, 5.41) is 4.19. The second-order valence-electron chi connectivity index (χ2n) is 3.36. The molecule has 16 heavy (non-hydrogen) atoms. The number of carbonyl (C=O) groups excluding carboxylic acids is 1. The smallest absolute Gasteiger partial charge is 0.273 e. The summed E-state index contributed by atoms with van der Waals surface area (Å²) in [4.78, 5) is 19.8. The summed E-state index contributed by atoms with van der Waals surface area (Å²) < 4.78 is 1.55. The minimum absolute atomic E-state index is 0.248. The molecule has 0 aromatic carbocycles. The van der Waals surface area contributed by atoms with Crippen molar-refractivity contribution in [1.82, 2.24) is 30.4 Å². The van der Waals surface area contributed by atoms with Gasteiger partial charge in [-0.2, -0.15) is 9.50 Å². The molecule has 0 aliphatic carbocycles. The van der Waals surface area contributed by atoms with E-state index in [2.05, 4.69) is 25.9 Å². The van der Waals surface area contributed by atoms with Crippen LogP contribution in [0.4, 0.5) is 0 Å². The number of amides is 1. The van der Waals surface area contributed by atoms with E-state index in [4.69, 9.17) is 0 Å². The summed E-state index contributed by atoms with van der Waals surface area (Å²) in [5.74, 6) is 0.852. The number of hydrogen-bond donors (Lipinski definition) is 2. The van der Waals surface area contributed by atoms with Gasteiger partial charge in [-0.3, -0.25) is 10.2 Å². The second kappa shape index (κ2) is 3.02. The maximum atomic E-state index is 11.6. The van der Waals surface area contributed by atoms with E-state index in [0.29, 0.717) is 22.9 Å². The van der Waals surface area contributed by atoms with Gasteiger partial charge in [0.15, 0.2) is 0 Å². The number of fused-ring (bicyclic) bond motifs is 3. The van der Waals surface area contributed by atoms with Crippen LogP contribution in [0.2, 0.25) is 0 Å². The summed E-state index contributed by atoms with van der Waals surface area (Å²) in [6, 6.07) is 0. The molecule has 1 amide bonds. The molecule has 1 aliphatic heterocycles. The van der Waals surface area contributed by atoms with Crippen molar-refractivity contribution < 1.29 is 4.79 Å². The Bertz CT molecular complexity index is 614. The van der Waals surface area contributed by atoms with Crippen LogP contribution >= 0.6 is 0 Å². The van der Waals surface area contributed by atoms with Crippen LogP contribution in [0.15, 0.2) is 12.4 Å². The van der Waals surface area contributed by atoms with E-state index in [0.717, 1.165) is 0 Å². The Morgan fingerprint density at radius 2 is 2.31 bits per heavy atom. The normalized spacial score (nSPS) is 14.2. The summed E-state index contributed by atoms with van der Waals surface area (Å²) in [6.07, 6.45) is 4.86. The highest BCUT2D eigenvalue weighted by Gasteiger charge is 2.17. The fraction of sp³-hybridized carbons (Fsp3) is 0.111. The zero-order valence-corrected chi connectivity index (χ0v) is 8.43. The highest BCUT2D eigenvalue weighted by molar-refractivity contribution is 5.97. The Hall–Kier alpha value is -2.44.